The van der Waals surface area contributed by atoms with E-state index in [1.807, 2.05) is 12.1 Å². The highest BCUT2D eigenvalue weighted by atomic mass is 16.5. The summed E-state index contributed by atoms with van der Waals surface area (Å²) in [5.41, 5.74) is 4.66. The first-order chi connectivity index (χ1) is 14.2. The molecule has 0 saturated carbocycles. The van der Waals surface area contributed by atoms with E-state index in [4.69, 9.17) is 14.2 Å². The average Bonchev–Trinajstić information content (AvgIpc) is 3.09. The van der Waals surface area contributed by atoms with Crippen LogP contribution in [0.15, 0.2) is 54.6 Å². The van der Waals surface area contributed by atoms with Crippen molar-refractivity contribution in [2.45, 2.75) is 13.5 Å². The van der Waals surface area contributed by atoms with E-state index in [1.54, 1.807) is 21.3 Å². The molecule has 4 aromatic rings. The number of benzene rings is 3. The minimum atomic E-state index is 0.598. The molecule has 3 aromatic carbocycles. The maximum absolute atomic E-state index is 5.45. The summed E-state index contributed by atoms with van der Waals surface area (Å²) in [7, 11) is 4.86. The van der Waals surface area contributed by atoms with Crippen LogP contribution in [0, 0.1) is 0 Å². The Morgan fingerprint density at radius 2 is 1.38 bits per heavy atom. The van der Waals surface area contributed by atoms with E-state index >= 15 is 0 Å². The molecule has 1 aromatic heterocycles. The van der Waals surface area contributed by atoms with E-state index in [0.29, 0.717) is 17.2 Å². The number of fused-ring (bicyclic) bond motifs is 3. The summed E-state index contributed by atoms with van der Waals surface area (Å²) in [5, 5.41) is 2.56. The zero-order chi connectivity index (χ0) is 20.4. The number of ether oxygens (including phenoxy) is 3. The minimum absolute atomic E-state index is 0.598. The fourth-order valence-corrected chi connectivity index (χ4v) is 3.91. The molecule has 0 bridgehead atoms. The van der Waals surface area contributed by atoms with Crippen LogP contribution in [0.2, 0.25) is 0 Å². The van der Waals surface area contributed by atoms with E-state index < -0.39 is 0 Å². The highest BCUT2D eigenvalue weighted by molar-refractivity contribution is 6.08. The standard InChI is InChI=1S/C25H25NO3/c1-5-26-21-9-7-6-8-19(21)20-14-17(12-13-22(20)26)10-11-18-15-23(27-2)25(29-4)24(16-18)28-3/h6-16H,5H2,1-4H3/b11-10+. The third-order valence-corrected chi connectivity index (χ3v) is 5.27. The Bertz CT molecular complexity index is 1180. The van der Waals surface area contributed by atoms with Gasteiger partial charge in [-0.15, -0.1) is 0 Å². The molecule has 0 aliphatic rings. The maximum Gasteiger partial charge on any atom is 0.203 e. The van der Waals surface area contributed by atoms with Crippen LogP contribution >= 0.6 is 0 Å². The molecule has 0 radical (unpaired) electrons. The smallest absolute Gasteiger partial charge is 0.203 e. The second-order valence-electron chi connectivity index (χ2n) is 6.83. The molecule has 0 unspecified atom stereocenters. The van der Waals surface area contributed by atoms with Gasteiger partial charge in [0.15, 0.2) is 11.5 Å². The Balaban J connectivity index is 1.77. The van der Waals surface area contributed by atoms with Crippen LogP contribution in [0.3, 0.4) is 0 Å². The summed E-state index contributed by atoms with van der Waals surface area (Å²) in [4.78, 5) is 0. The maximum atomic E-state index is 5.45. The van der Waals surface area contributed by atoms with Crippen molar-refractivity contribution in [1.82, 2.24) is 4.57 Å². The highest BCUT2D eigenvalue weighted by Gasteiger charge is 2.12. The zero-order valence-corrected chi connectivity index (χ0v) is 17.2. The molecule has 0 aliphatic heterocycles. The fraction of sp³-hybridized carbons (Fsp3) is 0.200. The van der Waals surface area contributed by atoms with Gasteiger partial charge in [-0.1, -0.05) is 36.4 Å². The lowest BCUT2D eigenvalue weighted by Crippen LogP contribution is -1.95. The van der Waals surface area contributed by atoms with Gasteiger partial charge in [-0.3, -0.25) is 0 Å². The van der Waals surface area contributed by atoms with Gasteiger partial charge >= 0.3 is 0 Å². The Kier molecular flexibility index (Phi) is 5.17. The molecule has 4 heteroatoms. The van der Waals surface area contributed by atoms with Crippen molar-refractivity contribution in [2.24, 2.45) is 0 Å². The highest BCUT2D eigenvalue weighted by Crippen LogP contribution is 2.38. The van der Waals surface area contributed by atoms with Gasteiger partial charge in [0.1, 0.15) is 0 Å². The molecule has 29 heavy (non-hydrogen) atoms. The van der Waals surface area contributed by atoms with Gasteiger partial charge in [-0.2, -0.15) is 0 Å². The second kappa shape index (κ2) is 7.92. The Morgan fingerprint density at radius 1 is 0.724 bits per heavy atom. The molecule has 0 saturated heterocycles. The molecule has 0 spiro atoms. The van der Waals surface area contributed by atoms with Crippen molar-refractivity contribution in [3.05, 3.63) is 65.7 Å². The number of hydrogen-bond acceptors (Lipinski definition) is 3. The van der Waals surface area contributed by atoms with Crippen LogP contribution in [-0.4, -0.2) is 25.9 Å². The van der Waals surface area contributed by atoms with Crippen molar-refractivity contribution in [3.63, 3.8) is 0 Å². The Labute approximate surface area is 170 Å². The quantitative estimate of drug-likeness (QED) is 0.380. The van der Waals surface area contributed by atoms with Gasteiger partial charge in [0.05, 0.1) is 21.3 Å². The molecule has 0 N–H and O–H groups in total. The molecule has 0 fully saturated rings. The van der Waals surface area contributed by atoms with Gasteiger partial charge in [-0.05, 0) is 48.4 Å². The Morgan fingerprint density at radius 3 is 2.03 bits per heavy atom. The van der Waals surface area contributed by atoms with E-state index in [0.717, 1.165) is 17.7 Å². The van der Waals surface area contributed by atoms with E-state index in [1.165, 1.54) is 21.8 Å². The summed E-state index contributed by atoms with van der Waals surface area (Å²) in [6.45, 7) is 3.13. The molecule has 0 aliphatic carbocycles. The predicted molar refractivity (Wildman–Crippen MR) is 120 cm³/mol. The minimum Gasteiger partial charge on any atom is -0.493 e. The normalized spacial score (nSPS) is 11.4. The molecule has 1 heterocycles. The third kappa shape index (κ3) is 3.31. The van der Waals surface area contributed by atoms with Gasteiger partial charge < -0.3 is 18.8 Å². The molecular formula is C25H25NO3. The van der Waals surface area contributed by atoms with E-state index in [2.05, 4.69) is 66.1 Å². The van der Waals surface area contributed by atoms with Crippen LogP contribution in [0.25, 0.3) is 34.0 Å². The van der Waals surface area contributed by atoms with Crippen LogP contribution in [-0.2, 0) is 6.54 Å². The van der Waals surface area contributed by atoms with E-state index in [-0.39, 0.29) is 0 Å². The van der Waals surface area contributed by atoms with Crippen LogP contribution < -0.4 is 14.2 Å². The number of para-hydroxylation sites is 1. The van der Waals surface area contributed by atoms with Crippen LogP contribution in [0.4, 0.5) is 0 Å². The summed E-state index contributed by atoms with van der Waals surface area (Å²) in [6.07, 6.45) is 4.17. The molecule has 4 rings (SSSR count). The lowest BCUT2D eigenvalue weighted by atomic mass is 10.1. The third-order valence-electron chi connectivity index (χ3n) is 5.27. The Hall–Kier alpha value is -3.40. The predicted octanol–water partition coefficient (Wildman–Crippen LogP) is 6.01. The molecule has 4 nitrogen and oxygen atoms in total. The van der Waals surface area contributed by atoms with Gasteiger partial charge in [0.25, 0.3) is 0 Å². The van der Waals surface area contributed by atoms with Crippen molar-refractivity contribution in [2.75, 3.05) is 21.3 Å². The lowest BCUT2D eigenvalue weighted by molar-refractivity contribution is 0.324. The average molecular weight is 387 g/mol. The van der Waals surface area contributed by atoms with Crippen molar-refractivity contribution < 1.29 is 14.2 Å². The van der Waals surface area contributed by atoms with Gasteiger partial charge in [0, 0.05) is 28.4 Å². The number of nitrogens with zero attached hydrogens (tertiary/aromatic N) is 1. The topological polar surface area (TPSA) is 32.6 Å². The van der Waals surface area contributed by atoms with Crippen LogP contribution in [0.1, 0.15) is 18.1 Å². The summed E-state index contributed by atoms with van der Waals surface area (Å²) < 4.78 is 18.7. The molecule has 148 valence electrons. The molecular weight excluding hydrogens is 362 g/mol. The van der Waals surface area contributed by atoms with Crippen molar-refractivity contribution >= 4 is 34.0 Å². The summed E-state index contributed by atoms with van der Waals surface area (Å²) in [5.74, 6) is 1.89. The van der Waals surface area contributed by atoms with Crippen LogP contribution in [0.5, 0.6) is 17.2 Å². The van der Waals surface area contributed by atoms with Gasteiger partial charge in [-0.25, -0.2) is 0 Å². The van der Waals surface area contributed by atoms with Crippen molar-refractivity contribution in [3.8, 4) is 17.2 Å². The number of methoxy groups -OCH3 is 3. The molecule has 0 amide bonds. The number of rotatable bonds is 6. The molecule has 0 atom stereocenters. The SMILES string of the molecule is CCn1c2ccccc2c2cc(/C=C/c3cc(OC)c(OC)c(OC)c3)ccc21. The number of aromatic nitrogens is 1. The number of aryl methyl sites for hydroxylation is 1. The monoisotopic (exact) mass is 387 g/mol. The van der Waals surface area contributed by atoms with E-state index in [9.17, 15) is 0 Å². The number of hydrogen-bond donors (Lipinski definition) is 0. The van der Waals surface area contributed by atoms with Crippen molar-refractivity contribution in [1.29, 1.82) is 0 Å². The fourth-order valence-electron chi connectivity index (χ4n) is 3.91. The largest absolute Gasteiger partial charge is 0.493 e. The zero-order valence-electron chi connectivity index (χ0n) is 17.2. The first-order valence-electron chi connectivity index (χ1n) is 9.69. The second-order valence-corrected chi connectivity index (χ2v) is 6.83. The first-order valence-corrected chi connectivity index (χ1v) is 9.69. The summed E-state index contributed by atoms with van der Waals surface area (Å²) >= 11 is 0. The first kappa shape index (κ1) is 18.9. The summed E-state index contributed by atoms with van der Waals surface area (Å²) in [6, 6.07) is 19.1. The lowest BCUT2D eigenvalue weighted by Gasteiger charge is -2.12. The van der Waals surface area contributed by atoms with Gasteiger partial charge in [0.2, 0.25) is 5.75 Å².